The largest absolute Gasteiger partial charge is 0.353 e. The molecule has 0 bridgehead atoms. The van der Waals surface area contributed by atoms with Crippen LogP contribution in [0.1, 0.15) is 20.3 Å². The van der Waals surface area contributed by atoms with Gasteiger partial charge in [-0.3, -0.25) is 9.59 Å². The van der Waals surface area contributed by atoms with Crippen LogP contribution in [0.4, 0.5) is 0 Å². The quantitative estimate of drug-likeness (QED) is 0.654. The molecule has 0 fully saturated rings. The van der Waals surface area contributed by atoms with E-state index in [2.05, 4.69) is 15.3 Å². The molecule has 0 radical (unpaired) electrons. The summed E-state index contributed by atoms with van der Waals surface area (Å²) in [6.45, 7) is 3.97. The monoisotopic (exact) mass is 297 g/mol. The van der Waals surface area contributed by atoms with Gasteiger partial charge < -0.3 is 10.3 Å². The molecule has 0 saturated heterocycles. The minimum atomic E-state index is -0.156. The molecule has 7 heteroatoms. The maximum absolute atomic E-state index is 11.7. The first-order valence-electron chi connectivity index (χ1n) is 6.00. The molecule has 19 heavy (non-hydrogen) atoms. The molecule has 0 aliphatic carbocycles. The van der Waals surface area contributed by atoms with Crippen molar-refractivity contribution in [3.63, 3.8) is 0 Å². The van der Waals surface area contributed by atoms with E-state index in [4.69, 9.17) is 0 Å². The van der Waals surface area contributed by atoms with Crippen LogP contribution < -0.4 is 10.9 Å². The molecule has 1 amide bonds. The molecule has 0 aliphatic rings. The Morgan fingerprint density at radius 2 is 2.42 bits per heavy atom. The topological polar surface area (TPSA) is 74.8 Å². The van der Waals surface area contributed by atoms with E-state index in [1.54, 1.807) is 6.07 Å². The second kappa shape index (κ2) is 6.21. The number of H-pyrrole nitrogens is 1. The molecule has 0 aliphatic heterocycles. The first kappa shape index (κ1) is 14.1. The standard InChI is InChI=1S/C12H15N3O2S2/c1-3-7(2)13-9(16)6-19-12-14-10(17)8-4-5-18-11(8)15-12/h4-5,7H,3,6H2,1-2H3,(H,13,16)(H,14,15,17). The predicted molar refractivity (Wildman–Crippen MR) is 78.9 cm³/mol. The van der Waals surface area contributed by atoms with Crippen molar-refractivity contribution in [1.29, 1.82) is 0 Å². The summed E-state index contributed by atoms with van der Waals surface area (Å²) in [5.74, 6) is 0.206. The number of amides is 1. The van der Waals surface area contributed by atoms with Gasteiger partial charge >= 0.3 is 0 Å². The van der Waals surface area contributed by atoms with Crippen molar-refractivity contribution < 1.29 is 4.79 Å². The third-order valence-electron chi connectivity index (χ3n) is 2.67. The number of aromatic amines is 1. The van der Waals surface area contributed by atoms with Gasteiger partial charge in [0.2, 0.25) is 5.91 Å². The lowest BCUT2D eigenvalue weighted by molar-refractivity contribution is -0.119. The summed E-state index contributed by atoms with van der Waals surface area (Å²) in [6, 6.07) is 1.91. The van der Waals surface area contributed by atoms with E-state index in [0.717, 1.165) is 6.42 Å². The maximum atomic E-state index is 11.7. The maximum Gasteiger partial charge on any atom is 0.260 e. The molecule has 102 valence electrons. The number of carbonyl (C=O) groups is 1. The molecule has 0 saturated carbocycles. The lowest BCUT2D eigenvalue weighted by Gasteiger charge is -2.10. The van der Waals surface area contributed by atoms with Crippen molar-refractivity contribution in [2.45, 2.75) is 31.5 Å². The van der Waals surface area contributed by atoms with Crippen LogP contribution in [-0.4, -0.2) is 27.7 Å². The summed E-state index contributed by atoms with van der Waals surface area (Å²) in [5, 5.41) is 5.78. The van der Waals surface area contributed by atoms with Gasteiger partial charge in [0.15, 0.2) is 5.16 Å². The Morgan fingerprint density at radius 3 is 3.16 bits per heavy atom. The summed E-state index contributed by atoms with van der Waals surface area (Å²) in [6.07, 6.45) is 0.895. The highest BCUT2D eigenvalue weighted by atomic mass is 32.2. The van der Waals surface area contributed by atoms with E-state index in [-0.39, 0.29) is 23.3 Å². The molecule has 2 rings (SSSR count). The zero-order valence-corrected chi connectivity index (χ0v) is 12.4. The molecule has 2 N–H and O–H groups in total. The van der Waals surface area contributed by atoms with Gasteiger partial charge in [-0.05, 0) is 24.8 Å². The molecule has 1 atom stereocenters. The SMILES string of the molecule is CCC(C)NC(=O)CSc1nc2sccc2c(=O)[nH]1. The normalized spacial score (nSPS) is 12.5. The summed E-state index contributed by atoms with van der Waals surface area (Å²) < 4.78 is 0. The lowest BCUT2D eigenvalue weighted by atomic mass is 10.3. The van der Waals surface area contributed by atoms with Crippen LogP contribution in [-0.2, 0) is 4.79 Å². The average molecular weight is 297 g/mol. The molecular weight excluding hydrogens is 282 g/mol. The Labute approximate surface area is 118 Å². The van der Waals surface area contributed by atoms with Gasteiger partial charge in [0, 0.05) is 6.04 Å². The van der Waals surface area contributed by atoms with Crippen LogP contribution in [0, 0.1) is 0 Å². The number of aromatic nitrogens is 2. The van der Waals surface area contributed by atoms with Crippen molar-refractivity contribution in [1.82, 2.24) is 15.3 Å². The molecule has 0 spiro atoms. The fraction of sp³-hybridized carbons (Fsp3) is 0.417. The number of hydrogen-bond acceptors (Lipinski definition) is 5. The van der Waals surface area contributed by atoms with Crippen molar-refractivity contribution in [3.05, 3.63) is 21.8 Å². The highest BCUT2D eigenvalue weighted by Crippen LogP contribution is 2.18. The fourth-order valence-electron chi connectivity index (χ4n) is 1.47. The van der Waals surface area contributed by atoms with Crippen LogP contribution in [0.5, 0.6) is 0 Å². The Morgan fingerprint density at radius 1 is 1.63 bits per heavy atom. The molecular formula is C12H15N3O2S2. The Hall–Kier alpha value is -1.34. The average Bonchev–Trinajstić information content (AvgIpc) is 2.85. The van der Waals surface area contributed by atoms with E-state index in [9.17, 15) is 9.59 Å². The van der Waals surface area contributed by atoms with Crippen molar-refractivity contribution in [3.8, 4) is 0 Å². The molecule has 1 unspecified atom stereocenters. The van der Waals surface area contributed by atoms with Gasteiger partial charge in [-0.2, -0.15) is 0 Å². The van der Waals surface area contributed by atoms with Crippen LogP contribution in [0.15, 0.2) is 21.4 Å². The van der Waals surface area contributed by atoms with E-state index in [1.165, 1.54) is 23.1 Å². The number of carbonyl (C=O) groups excluding carboxylic acids is 1. The molecule has 0 aromatic carbocycles. The summed E-state index contributed by atoms with van der Waals surface area (Å²) >= 11 is 2.66. The van der Waals surface area contributed by atoms with E-state index in [1.807, 2.05) is 19.2 Å². The van der Waals surface area contributed by atoms with Gasteiger partial charge in [0.1, 0.15) is 4.83 Å². The van der Waals surface area contributed by atoms with Gasteiger partial charge in [-0.15, -0.1) is 11.3 Å². The smallest absolute Gasteiger partial charge is 0.260 e. The molecule has 2 heterocycles. The minimum absolute atomic E-state index is 0.0479. The second-order valence-corrected chi connectivity index (χ2v) is 6.03. The van der Waals surface area contributed by atoms with E-state index < -0.39 is 0 Å². The highest BCUT2D eigenvalue weighted by Gasteiger charge is 2.09. The Balaban J connectivity index is 2.02. The van der Waals surface area contributed by atoms with Gasteiger partial charge in [0.05, 0.1) is 11.1 Å². The highest BCUT2D eigenvalue weighted by molar-refractivity contribution is 7.99. The predicted octanol–water partition coefficient (Wildman–Crippen LogP) is 1.99. The van der Waals surface area contributed by atoms with Crippen LogP contribution in [0.3, 0.4) is 0 Å². The van der Waals surface area contributed by atoms with Crippen LogP contribution >= 0.6 is 23.1 Å². The van der Waals surface area contributed by atoms with E-state index in [0.29, 0.717) is 15.4 Å². The zero-order valence-electron chi connectivity index (χ0n) is 10.7. The second-order valence-electron chi connectivity index (χ2n) is 4.18. The van der Waals surface area contributed by atoms with Crippen molar-refractivity contribution >= 4 is 39.2 Å². The lowest BCUT2D eigenvalue weighted by Crippen LogP contribution is -2.33. The van der Waals surface area contributed by atoms with E-state index >= 15 is 0 Å². The number of hydrogen-bond donors (Lipinski definition) is 2. The number of thioether (sulfide) groups is 1. The molecule has 2 aromatic rings. The summed E-state index contributed by atoms with van der Waals surface area (Å²) in [4.78, 5) is 31.1. The van der Waals surface area contributed by atoms with Crippen molar-refractivity contribution in [2.75, 3.05) is 5.75 Å². The van der Waals surface area contributed by atoms with Crippen LogP contribution in [0.25, 0.3) is 10.2 Å². The zero-order chi connectivity index (χ0) is 13.8. The minimum Gasteiger partial charge on any atom is -0.353 e. The van der Waals surface area contributed by atoms with Gasteiger partial charge in [-0.25, -0.2) is 4.98 Å². The van der Waals surface area contributed by atoms with Gasteiger partial charge in [-0.1, -0.05) is 18.7 Å². The third kappa shape index (κ3) is 3.57. The Kier molecular flexibility index (Phi) is 4.60. The van der Waals surface area contributed by atoms with Crippen molar-refractivity contribution in [2.24, 2.45) is 0 Å². The third-order valence-corrected chi connectivity index (χ3v) is 4.35. The Bertz CT molecular complexity index is 635. The van der Waals surface area contributed by atoms with Crippen LogP contribution in [0.2, 0.25) is 0 Å². The first-order valence-corrected chi connectivity index (χ1v) is 7.86. The summed E-state index contributed by atoms with van der Waals surface area (Å²) in [7, 11) is 0. The first-order chi connectivity index (χ1) is 9.10. The molecule has 2 aromatic heterocycles. The fourth-order valence-corrected chi connectivity index (χ4v) is 2.96. The number of nitrogens with one attached hydrogen (secondary N) is 2. The van der Waals surface area contributed by atoms with Gasteiger partial charge in [0.25, 0.3) is 5.56 Å². The number of nitrogens with zero attached hydrogens (tertiary/aromatic N) is 1. The number of rotatable bonds is 5. The summed E-state index contributed by atoms with van der Waals surface area (Å²) in [5.41, 5.74) is -0.156. The number of thiophene rings is 1. The number of fused-ring (bicyclic) bond motifs is 1. The molecule has 5 nitrogen and oxygen atoms in total.